The van der Waals surface area contributed by atoms with E-state index < -0.39 is 5.60 Å². The zero-order chi connectivity index (χ0) is 23.0. The van der Waals surface area contributed by atoms with Crippen LogP contribution in [0.15, 0.2) is 35.3 Å². The van der Waals surface area contributed by atoms with E-state index in [-0.39, 0.29) is 30.6 Å². The third-order valence-corrected chi connectivity index (χ3v) is 4.94. The van der Waals surface area contributed by atoms with Gasteiger partial charge in [-0.05, 0) is 46.1 Å². The average molecular weight is 432 g/mol. The lowest BCUT2D eigenvalue weighted by molar-refractivity contribution is -0.127. The zero-order valence-electron chi connectivity index (χ0n) is 19.6. The number of ether oxygens (including phenoxy) is 1. The van der Waals surface area contributed by atoms with E-state index in [1.807, 2.05) is 58.0 Å². The maximum atomic E-state index is 12.5. The molecule has 0 spiro atoms. The van der Waals surface area contributed by atoms with Crippen molar-refractivity contribution in [3.63, 3.8) is 0 Å². The smallest absolute Gasteiger partial charge is 0.410 e. The van der Waals surface area contributed by atoms with Crippen LogP contribution in [0.25, 0.3) is 0 Å². The van der Waals surface area contributed by atoms with Gasteiger partial charge in [0.1, 0.15) is 12.1 Å². The van der Waals surface area contributed by atoms with Gasteiger partial charge in [-0.15, -0.1) is 0 Å². The number of piperidine rings is 1. The summed E-state index contributed by atoms with van der Waals surface area (Å²) in [6, 6.07) is 10.1. The van der Waals surface area contributed by atoms with Crippen LogP contribution >= 0.6 is 0 Å². The van der Waals surface area contributed by atoms with Gasteiger partial charge < -0.3 is 25.2 Å². The summed E-state index contributed by atoms with van der Waals surface area (Å²) in [5.41, 5.74) is 0.596. The van der Waals surface area contributed by atoms with Gasteiger partial charge >= 0.3 is 6.09 Å². The van der Waals surface area contributed by atoms with E-state index in [1.54, 1.807) is 19.0 Å². The number of amides is 2. The summed E-state index contributed by atoms with van der Waals surface area (Å²) in [6.45, 7) is 8.90. The predicted molar refractivity (Wildman–Crippen MR) is 123 cm³/mol. The molecular formula is C23H37N5O3. The van der Waals surface area contributed by atoms with Crippen molar-refractivity contribution in [2.75, 3.05) is 33.7 Å². The average Bonchev–Trinajstić information content (AvgIpc) is 2.71. The van der Waals surface area contributed by atoms with Crippen LogP contribution < -0.4 is 10.6 Å². The summed E-state index contributed by atoms with van der Waals surface area (Å²) in [5.74, 6) is 0.482. The van der Waals surface area contributed by atoms with Crippen LogP contribution in [0.5, 0.6) is 0 Å². The SMILES string of the molecule is CC(NC(=NCC(=O)N(C)C)NC1CCCN(C(=O)OC(C)(C)C)C1)c1ccccc1. The summed E-state index contributed by atoms with van der Waals surface area (Å²) in [6.07, 6.45) is 1.47. The molecule has 1 heterocycles. The van der Waals surface area contributed by atoms with Crippen molar-refractivity contribution < 1.29 is 14.3 Å². The summed E-state index contributed by atoms with van der Waals surface area (Å²) < 4.78 is 5.52. The van der Waals surface area contributed by atoms with Crippen LogP contribution in [0.2, 0.25) is 0 Å². The number of hydrogen-bond acceptors (Lipinski definition) is 4. The molecule has 2 unspecified atom stereocenters. The van der Waals surface area contributed by atoms with Crippen molar-refractivity contribution in [2.24, 2.45) is 4.99 Å². The molecule has 0 bridgehead atoms. The van der Waals surface area contributed by atoms with Crippen LogP contribution in [0.3, 0.4) is 0 Å². The quantitative estimate of drug-likeness (QED) is 0.553. The molecule has 1 aromatic carbocycles. The number of likely N-dealkylation sites (tertiary alicyclic amines) is 1. The van der Waals surface area contributed by atoms with Crippen molar-refractivity contribution >= 4 is 18.0 Å². The van der Waals surface area contributed by atoms with Gasteiger partial charge in [-0.3, -0.25) is 4.79 Å². The fraction of sp³-hybridized carbons (Fsp3) is 0.609. The Morgan fingerprint density at radius 3 is 2.55 bits per heavy atom. The standard InChI is InChI=1S/C23H37N5O3/c1-17(18-11-8-7-9-12-18)25-21(24-15-20(29)27(5)6)26-19-13-10-14-28(16-19)22(30)31-23(2,3)4/h7-9,11-12,17,19H,10,13-16H2,1-6H3,(H2,24,25,26). The Hall–Kier alpha value is -2.77. The molecule has 0 aromatic heterocycles. The fourth-order valence-electron chi connectivity index (χ4n) is 3.23. The van der Waals surface area contributed by atoms with Gasteiger partial charge in [-0.1, -0.05) is 30.3 Å². The van der Waals surface area contributed by atoms with Gasteiger partial charge in [0.15, 0.2) is 5.96 Å². The number of aliphatic imine (C=N–C) groups is 1. The molecule has 2 amide bonds. The number of likely N-dealkylation sites (N-methyl/N-ethyl adjacent to an activating group) is 1. The summed E-state index contributed by atoms with van der Waals surface area (Å²) in [7, 11) is 3.43. The molecule has 2 N–H and O–H groups in total. The maximum absolute atomic E-state index is 12.5. The second-order valence-corrected chi connectivity index (χ2v) is 9.14. The number of carbonyl (C=O) groups is 2. The highest BCUT2D eigenvalue weighted by Gasteiger charge is 2.28. The van der Waals surface area contributed by atoms with Gasteiger partial charge in [-0.25, -0.2) is 9.79 Å². The highest BCUT2D eigenvalue weighted by Crippen LogP contribution is 2.16. The number of nitrogens with one attached hydrogen (secondary N) is 2. The van der Waals surface area contributed by atoms with Gasteiger partial charge in [0.2, 0.25) is 5.91 Å². The minimum absolute atomic E-state index is 0.00691. The van der Waals surface area contributed by atoms with Crippen LogP contribution in [-0.4, -0.2) is 73.1 Å². The Kier molecular flexibility index (Phi) is 8.71. The molecule has 2 atom stereocenters. The molecule has 1 fully saturated rings. The van der Waals surface area contributed by atoms with Gasteiger partial charge in [0.05, 0.1) is 6.04 Å². The minimum Gasteiger partial charge on any atom is -0.444 e. The first-order valence-electron chi connectivity index (χ1n) is 10.9. The van der Waals surface area contributed by atoms with Crippen molar-refractivity contribution in [1.29, 1.82) is 0 Å². The lowest BCUT2D eigenvalue weighted by Gasteiger charge is -2.35. The Balaban J connectivity index is 2.07. The summed E-state index contributed by atoms with van der Waals surface area (Å²) >= 11 is 0. The van der Waals surface area contributed by atoms with Crippen molar-refractivity contribution in [3.05, 3.63) is 35.9 Å². The molecule has 8 heteroatoms. The Bertz CT molecular complexity index is 758. The summed E-state index contributed by atoms with van der Waals surface area (Å²) in [5, 5.41) is 6.81. The third kappa shape index (κ3) is 8.47. The monoisotopic (exact) mass is 431 g/mol. The van der Waals surface area contributed by atoms with Crippen molar-refractivity contribution in [3.8, 4) is 0 Å². The Morgan fingerprint density at radius 2 is 1.94 bits per heavy atom. The molecule has 2 rings (SSSR count). The van der Waals surface area contributed by atoms with Crippen molar-refractivity contribution in [1.82, 2.24) is 20.4 Å². The maximum Gasteiger partial charge on any atom is 0.410 e. The summed E-state index contributed by atoms with van der Waals surface area (Å²) in [4.78, 5) is 32.3. The zero-order valence-corrected chi connectivity index (χ0v) is 19.6. The molecule has 1 aromatic rings. The van der Waals surface area contributed by atoms with E-state index in [0.29, 0.717) is 19.0 Å². The van der Waals surface area contributed by atoms with Crippen LogP contribution in [0.1, 0.15) is 52.1 Å². The van der Waals surface area contributed by atoms with E-state index in [4.69, 9.17) is 4.74 Å². The second-order valence-electron chi connectivity index (χ2n) is 9.14. The van der Waals surface area contributed by atoms with Gasteiger partial charge in [0.25, 0.3) is 0 Å². The van der Waals surface area contributed by atoms with Crippen LogP contribution in [0.4, 0.5) is 4.79 Å². The molecule has 0 aliphatic carbocycles. The number of nitrogens with zero attached hydrogens (tertiary/aromatic N) is 3. The Labute approximate surface area is 186 Å². The largest absolute Gasteiger partial charge is 0.444 e. The number of carbonyl (C=O) groups excluding carboxylic acids is 2. The molecule has 1 aliphatic heterocycles. The first-order valence-corrected chi connectivity index (χ1v) is 10.9. The van der Waals surface area contributed by atoms with Crippen LogP contribution in [0, 0.1) is 0 Å². The predicted octanol–water partition coefficient (Wildman–Crippen LogP) is 2.77. The first kappa shape index (κ1) is 24.5. The number of guanidine groups is 1. The van der Waals surface area contributed by atoms with E-state index in [2.05, 4.69) is 15.6 Å². The van der Waals surface area contributed by atoms with Crippen LogP contribution in [-0.2, 0) is 9.53 Å². The lowest BCUT2D eigenvalue weighted by atomic mass is 10.1. The molecule has 31 heavy (non-hydrogen) atoms. The topological polar surface area (TPSA) is 86.3 Å². The number of hydrogen-bond donors (Lipinski definition) is 2. The number of rotatable bonds is 5. The molecule has 0 saturated carbocycles. The third-order valence-electron chi connectivity index (χ3n) is 4.94. The molecule has 1 saturated heterocycles. The first-order chi connectivity index (χ1) is 14.5. The molecule has 8 nitrogen and oxygen atoms in total. The molecule has 0 radical (unpaired) electrons. The number of benzene rings is 1. The second kappa shape index (κ2) is 11.0. The highest BCUT2D eigenvalue weighted by molar-refractivity contribution is 5.85. The minimum atomic E-state index is -0.525. The van der Waals surface area contributed by atoms with Gasteiger partial charge in [-0.2, -0.15) is 0 Å². The van der Waals surface area contributed by atoms with Crippen molar-refractivity contribution in [2.45, 2.75) is 58.2 Å². The molecule has 1 aliphatic rings. The fourth-order valence-corrected chi connectivity index (χ4v) is 3.23. The van der Waals surface area contributed by atoms with Gasteiger partial charge in [0, 0.05) is 33.2 Å². The molecular weight excluding hydrogens is 394 g/mol. The Morgan fingerprint density at radius 1 is 1.26 bits per heavy atom. The molecule has 172 valence electrons. The van der Waals surface area contributed by atoms with E-state index in [9.17, 15) is 9.59 Å². The van der Waals surface area contributed by atoms with E-state index in [1.165, 1.54) is 4.90 Å². The highest BCUT2D eigenvalue weighted by atomic mass is 16.6. The normalized spacial score (nSPS) is 18.2. The van der Waals surface area contributed by atoms with E-state index >= 15 is 0 Å². The lowest BCUT2D eigenvalue weighted by Crippen LogP contribution is -2.53. The van der Waals surface area contributed by atoms with E-state index in [0.717, 1.165) is 18.4 Å².